The molecule has 0 aliphatic heterocycles. The van der Waals surface area contributed by atoms with E-state index in [4.69, 9.17) is 13.9 Å². The van der Waals surface area contributed by atoms with Crippen LogP contribution >= 0.6 is 11.8 Å². The maximum atomic E-state index is 11.7. The number of ether oxygens (including phenoxy) is 2. The molecule has 0 aliphatic rings. The average molecular weight is 360 g/mol. The first kappa shape index (κ1) is 17.0. The molecule has 0 N–H and O–H groups in total. The fraction of sp³-hybridized carbons (Fsp3) is 0.250. The molecule has 0 fully saturated rings. The summed E-state index contributed by atoms with van der Waals surface area (Å²) in [5.41, 5.74) is 1.45. The Balaban J connectivity index is 1.68. The van der Waals surface area contributed by atoms with Crippen LogP contribution in [0.2, 0.25) is 0 Å². The van der Waals surface area contributed by atoms with Crippen LogP contribution in [0, 0.1) is 0 Å². The molecule has 0 unspecified atom stereocenters. The van der Waals surface area contributed by atoms with Gasteiger partial charge in [-0.05, 0) is 34.2 Å². The quantitative estimate of drug-likeness (QED) is 0.468. The second kappa shape index (κ2) is 7.84. The highest BCUT2D eigenvalue weighted by Crippen LogP contribution is 2.24. The van der Waals surface area contributed by atoms with Crippen molar-refractivity contribution in [3.63, 3.8) is 0 Å². The Morgan fingerprint density at radius 2 is 2.04 bits per heavy atom. The van der Waals surface area contributed by atoms with E-state index < -0.39 is 5.97 Å². The van der Waals surface area contributed by atoms with Gasteiger partial charge < -0.3 is 13.9 Å². The number of aromatic nitrogens is 4. The van der Waals surface area contributed by atoms with Crippen LogP contribution in [0.25, 0.3) is 0 Å². The minimum atomic E-state index is -0.429. The molecule has 0 amide bonds. The Bertz CT molecular complexity index is 844. The van der Waals surface area contributed by atoms with E-state index in [2.05, 4.69) is 15.5 Å². The molecule has 1 aromatic carbocycles. The first-order valence-corrected chi connectivity index (χ1v) is 8.36. The number of tetrazole rings is 1. The van der Waals surface area contributed by atoms with Crippen molar-refractivity contribution in [3.05, 3.63) is 53.5 Å². The Morgan fingerprint density at radius 1 is 1.24 bits per heavy atom. The first-order chi connectivity index (χ1) is 12.2. The summed E-state index contributed by atoms with van der Waals surface area (Å²) >= 11 is 1.38. The van der Waals surface area contributed by atoms with E-state index in [9.17, 15) is 4.79 Å². The molecule has 3 aromatic rings. The van der Waals surface area contributed by atoms with Crippen molar-refractivity contribution in [3.8, 4) is 5.75 Å². The summed E-state index contributed by atoms with van der Waals surface area (Å²) in [4.78, 5) is 11.7. The summed E-state index contributed by atoms with van der Waals surface area (Å²) in [6.07, 6.45) is 1.46. The van der Waals surface area contributed by atoms with Gasteiger partial charge in [-0.1, -0.05) is 23.9 Å². The lowest BCUT2D eigenvalue weighted by molar-refractivity contribution is 0.0598. The third-order valence-electron chi connectivity index (χ3n) is 3.47. The zero-order valence-electron chi connectivity index (χ0n) is 13.7. The van der Waals surface area contributed by atoms with Crippen LogP contribution in [0.3, 0.4) is 0 Å². The highest BCUT2D eigenvalue weighted by atomic mass is 32.2. The van der Waals surface area contributed by atoms with Gasteiger partial charge in [0, 0.05) is 0 Å². The number of esters is 1. The van der Waals surface area contributed by atoms with Gasteiger partial charge in [0.2, 0.25) is 5.16 Å². The second-order valence-corrected chi connectivity index (χ2v) is 5.95. The summed E-state index contributed by atoms with van der Waals surface area (Å²) in [5, 5.41) is 12.4. The summed E-state index contributed by atoms with van der Waals surface area (Å²) in [6.45, 7) is 0.529. The largest absolute Gasteiger partial charge is 0.497 e. The van der Waals surface area contributed by atoms with Gasteiger partial charge in [0.25, 0.3) is 0 Å². The van der Waals surface area contributed by atoms with Gasteiger partial charge in [0.05, 0.1) is 32.8 Å². The number of benzene rings is 1. The van der Waals surface area contributed by atoms with Crippen molar-refractivity contribution in [2.45, 2.75) is 17.5 Å². The van der Waals surface area contributed by atoms with Gasteiger partial charge in [-0.2, -0.15) is 0 Å². The Hall–Kier alpha value is -2.81. The van der Waals surface area contributed by atoms with Crippen molar-refractivity contribution in [2.75, 3.05) is 14.2 Å². The minimum Gasteiger partial charge on any atom is -0.497 e. The smallest absolute Gasteiger partial charge is 0.341 e. The molecule has 25 heavy (non-hydrogen) atoms. The van der Waals surface area contributed by atoms with E-state index in [1.165, 1.54) is 25.1 Å². The predicted octanol–water partition coefficient (Wildman–Crippen LogP) is 2.40. The summed E-state index contributed by atoms with van der Waals surface area (Å²) < 4.78 is 16.9. The van der Waals surface area contributed by atoms with E-state index in [0.717, 1.165) is 11.3 Å². The zero-order chi connectivity index (χ0) is 17.6. The number of methoxy groups -OCH3 is 2. The van der Waals surface area contributed by atoms with E-state index >= 15 is 0 Å². The predicted molar refractivity (Wildman–Crippen MR) is 89.5 cm³/mol. The lowest BCUT2D eigenvalue weighted by atomic mass is 10.2. The number of hydrogen-bond acceptors (Lipinski definition) is 8. The number of thioether (sulfide) groups is 1. The lowest BCUT2D eigenvalue weighted by Crippen LogP contribution is -2.05. The molecule has 130 valence electrons. The average Bonchev–Trinajstić information content (AvgIpc) is 3.29. The lowest BCUT2D eigenvalue weighted by Gasteiger charge is -2.05. The molecule has 0 aliphatic carbocycles. The van der Waals surface area contributed by atoms with Crippen LogP contribution < -0.4 is 4.74 Å². The Labute approximate surface area is 148 Å². The van der Waals surface area contributed by atoms with Crippen LogP contribution in [0.1, 0.15) is 21.7 Å². The minimum absolute atomic E-state index is 0.407. The third-order valence-corrected chi connectivity index (χ3v) is 4.43. The summed E-state index contributed by atoms with van der Waals surface area (Å²) in [5.74, 6) is 1.31. The molecule has 2 heterocycles. The molecule has 0 radical (unpaired) electrons. The standard InChI is InChI=1S/C16H16N4O4S/c1-22-12-5-3-11(4-6-12)9-20-16(17-18-19-20)25-10-14-13(7-8-24-14)15(21)23-2/h3-8H,9-10H2,1-2H3. The topological polar surface area (TPSA) is 92.3 Å². The van der Waals surface area contributed by atoms with Crippen LogP contribution in [0.4, 0.5) is 0 Å². The maximum absolute atomic E-state index is 11.7. The van der Waals surface area contributed by atoms with Gasteiger partial charge in [-0.3, -0.25) is 0 Å². The van der Waals surface area contributed by atoms with E-state index in [-0.39, 0.29) is 0 Å². The van der Waals surface area contributed by atoms with Crippen LogP contribution in [0.5, 0.6) is 5.75 Å². The summed E-state index contributed by atoms with van der Waals surface area (Å²) in [7, 11) is 2.96. The molecule has 8 nitrogen and oxygen atoms in total. The SMILES string of the molecule is COC(=O)c1ccoc1CSc1nnnn1Cc1ccc(OC)cc1. The molecule has 0 saturated heterocycles. The van der Waals surface area contributed by atoms with Crippen molar-refractivity contribution in [1.29, 1.82) is 0 Å². The van der Waals surface area contributed by atoms with Crippen LogP contribution in [-0.4, -0.2) is 40.4 Å². The fourth-order valence-electron chi connectivity index (χ4n) is 2.18. The fourth-order valence-corrected chi connectivity index (χ4v) is 3.01. The first-order valence-electron chi connectivity index (χ1n) is 7.38. The van der Waals surface area contributed by atoms with Crippen molar-refractivity contribution >= 4 is 17.7 Å². The third kappa shape index (κ3) is 4.00. The highest BCUT2D eigenvalue weighted by Gasteiger charge is 2.17. The van der Waals surface area contributed by atoms with E-state index in [1.807, 2.05) is 24.3 Å². The number of carbonyl (C=O) groups is 1. The van der Waals surface area contributed by atoms with Crippen molar-refractivity contribution in [1.82, 2.24) is 20.2 Å². The van der Waals surface area contributed by atoms with Gasteiger partial charge >= 0.3 is 5.97 Å². The molecule has 0 spiro atoms. The number of carbonyl (C=O) groups excluding carboxylic acids is 1. The van der Waals surface area contributed by atoms with Gasteiger partial charge in [0.1, 0.15) is 17.1 Å². The second-order valence-electron chi connectivity index (χ2n) is 5.00. The van der Waals surface area contributed by atoms with Gasteiger partial charge in [0.15, 0.2) is 0 Å². The van der Waals surface area contributed by atoms with E-state index in [1.54, 1.807) is 17.9 Å². The molecule has 0 saturated carbocycles. The molecule has 0 atom stereocenters. The van der Waals surface area contributed by atoms with Crippen LogP contribution in [-0.2, 0) is 17.0 Å². The van der Waals surface area contributed by atoms with E-state index in [0.29, 0.717) is 28.8 Å². The van der Waals surface area contributed by atoms with Crippen LogP contribution in [0.15, 0.2) is 46.2 Å². The Morgan fingerprint density at radius 3 is 2.76 bits per heavy atom. The van der Waals surface area contributed by atoms with Gasteiger partial charge in [-0.25, -0.2) is 9.48 Å². The number of furan rings is 1. The Kier molecular flexibility index (Phi) is 5.34. The highest BCUT2D eigenvalue weighted by molar-refractivity contribution is 7.98. The number of nitrogens with zero attached hydrogens (tertiary/aromatic N) is 4. The molecule has 0 bridgehead atoms. The normalized spacial score (nSPS) is 10.6. The molecular weight excluding hydrogens is 344 g/mol. The van der Waals surface area contributed by atoms with Gasteiger partial charge in [-0.15, -0.1) is 5.10 Å². The number of hydrogen-bond donors (Lipinski definition) is 0. The molecule has 2 aromatic heterocycles. The van der Waals surface area contributed by atoms with Crippen molar-refractivity contribution in [2.24, 2.45) is 0 Å². The maximum Gasteiger partial charge on any atom is 0.341 e. The number of rotatable bonds is 7. The van der Waals surface area contributed by atoms with Crippen molar-refractivity contribution < 1.29 is 18.7 Å². The molecule has 3 rings (SSSR count). The summed E-state index contributed by atoms with van der Waals surface area (Å²) in [6, 6.07) is 9.27. The monoisotopic (exact) mass is 360 g/mol. The zero-order valence-corrected chi connectivity index (χ0v) is 14.5. The molecular formula is C16H16N4O4S. The molecule has 9 heteroatoms.